The molecular formula is C29H42O13. The van der Waals surface area contributed by atoms with E-state index in [4.69, 9.17) is 18.9 Å². The van der Waals surface area contributed by atoms with Crippen molar-refractivity contribution in [2.75, 3.05) is 13.2 Å². The van der Waals surface area contributed by atoms with Crippen LogP contribution in [-0.2, 0) is 27.1 Å². The van der Waals surface area contributed by atoms with Gasteiger partial charge in [0.1, 0.15) is 54.6 Å². The smallest absolute Gasteiger partial charge is 0.335 e. The van der Waals surface area contributed by atoms with Crippen LogP contribution in [0.1, 0.15) is 49.2 Å². The molecule has 1 aromatic rings. The molecule has 0 unspecified atom stereocenters. The van der Waals surface area contributed by atoms with Gasteiger partial charge in [-0.15, -0.1) is 0 Å². The van der Waals surface area contributed by atoms with Crippen molar-refractivity contribution in [1.82, 2.24) is 0 Å². The quantitative estimate of drug-likeness (QED) is 0.150. The number of carboxylic acids is 1. The van der Waals surface area contributed by atoms with Gasteiger partial charge in [0, 0.05) is 0 Å². The predicted octanol–water partition coefficient (Wildman–Crippen LogP) is -0.595. The van der Waals surface area contributed by atoms with Crippen molar-refractivity contribution in [2.24, 2.45) is 0 Å². The molecule has 1 aromatic carbocycles. The third-order valence-corrected chi connectivity index (χ3v) is 7.14. The third-order valence-electron chi connectivity index (χ3n) is 7.14. The van der Waals surface area contributed by atoms with Gasteiger partial charge in [-0.2, -0.15) is 0 Å². The normalized spacial score (nSPS) is 33.1. The number of allylic oxidation sites excluding steroid dienone is 4. The summed E-state index contributed by atoms with van der Waals surface area (Å²) in [6.45, 7) is 6.12. The maximum absolute atomic E-state index is 11.9. The van der Waals surface area contributed by atoms with Gasteiger partial charge in [0.2, 0.25) is 6.29 Å². The third kappa shape index (κ3) is 7.94. The number of hydrogen-bond acceptors (Lipinski definition) is 12. The van der Waals surface area contributed by atoms with Gasteiger partial charge in [-0.1, -0.05) is 23.3 Å². The van der Waals surface area contributed by atoms with E-state index < -0.39 is 80.6 Å². The van der Waals surface area contributed by atoms with Crippen LogP contribution in [0.3, 0.4) is 0 Å². The highest BCUT2D eigenvalue weighted by atomic mass is 16.7. The van der Waals surface area contributed by atoms with Gasteiger partial charge in [-0.25, -0.2) is 4.79 Å². The summed E-state index contributed by atoms with van der Waals surface area (Å²) in [5.74, 6) is -0.882. The molecule has 0 bridgehead atoms. The van der Waals surface area contributed by atoms with Gasteiger partial charge in [0.05, 0.1) is 18.8 Å². The summed E-state index contributed by atoms with van der Waals surface area (Å²) >= 11 is 0. The van der Waals surface area contributed by atoms with Crippen LogP contribution >= 0.6 is 0 Å². The SMILES string of the molecule is CC(C)=CCc1cc(C(=O)O)cc(CC=C(C)C)c1O[C@@H]1O[C@H](CO)[C@@H](O[C@@H]2O[C@H](CO)[C@@H](O)[C@H](O)[C@H]2O)[C@H](O)[C@H]1O. The molecule has 2 saturated heterocycles. The molecule has 3 rings (SSSR count). The van der Waals surface area contributed by atoms with Crippen molar-refractivity contribution in [2.45, 2.75) is 102 Å². The molecule has 13 heteroatoms. The summed E-state index contributed by atoms with van der Waals surface area (Å²) in [6.07, 6.45) is -11.6. The molecule has 0 radical (unpaired) electrons. The second-order valence-corrected chi connectivity index (χ2v) is 11.0. The number of carbonyl (C=O) groups is 1. The van der Waals surface area contributed by atoms with Crippen LogP contribution in [0.5, 0.6) is 5.75 Å². The number of carboxylic acid groups (broad SMARTS) is 1. The number of aliphatic hydroxyl groups excluding tert-OH is 7. The molecule has 10 atom stereocenters. The van der Waals surface area contributed by atoms with E-state index in [9.17, 15) is 45.6 Å². The van der Waals surface area contributed by atoms with Crippen LogP contribution in [0.4, 0.5) is 0 Å². The van der Waals surface area contributed by atoms with Crippen LogP contribution < -0.4 is 4.74 Å². The second-order valence-electron chi connectivity index (χ2n) is 11.0. The molecule has 2 heterocycles. The Hall–Kier alpha value is -2.43. The van der Waals surface area contributed by atoms with Crippen LogP contribution in [0.25, 0.3) is 0 Å². The lowest BCUT2D eigenvalue weighted by Gasteiger charge is -2.46. The molecule has 0 aromatic heterocycles. The maximum atomic E-state index is 11.9. The Kier molecular flexibility index (Phi) is 12.0. The lowest BCUT2D eigenvalue weighted by atomic mass is 9.96. The Labute approximate surface area is 243 Å². The van der Waals surface area contributed by atoms with Gasteiger partial charge in [0.25, 0.3) is 0 Å². The number of aliphatic hydroxyl groups is 7. The van der Waals surface area contributed by atoms with Crippen molar-refractivity contribution < 1.29 is 64.6 Å². The van der Waals surface area contributed by atoms with Crippen LogP contribution in [0, 0.1) is 0 Å². The van der Waals surface area contributed by atoms with Crippen molar-refractivity contribution >= 4 is 5.97 Å². The van der Waals surface area contributed by atoms with Crippen molar-refractivity contribution in [3.8, 4) is 5.75 Å². The van der Waals surface area contributed by atoms with E-state index in [1.54, 1.807) is 0 Å². The average Bonchev–Trinajstić information content (AvgIpc) is 2.94. The lowest BCUT2D eigenvalue weighted by molar-refractivity contribution is -0.352. The topological polar surface area (TPSA) is 216 Å². The maximum Gasteiger partial charge on any atom is 0.335 e. The minimum absolute atomic E-state index is 0.0445. The standard InChI is InChI=1S/C29H42O13/c1-13(2)5-7-15-9-17(27(37)38)10-16(8-6-14(3)4)25(15)41-29-24(36)22(34)26(19(12-31)40-29)42-28-23(35)21(33)20(32)18(11-30)39-28/h5-6,9-10,18-24,26,28-36H,7-8,11-12H2,1-4H3,(H,37,38)/t18-,19-,20-,21+,22-,23-,24-,26-,28+,29+/m1/s1. The van der Waals surface area contributed by atoms with Gasteiger partial charge >= 0.3 is 5.97 Å². The van der Waals surface area contributed by atoms with Gasteiger partial charge < -0.3 is 59.8 Å². The van der Waals surface area contributed by atoms with Crippen LogP contribution in [0.2, 0.25) is 0 Å². The van der Waals surface area contributed by atoms with Crippen LogP contribution in [-0.4, -0.2) is 121 Å². The molecule has 0 saturated carbocycles. The molecule has 2 aliphatic heterocycles. The summed E-state index contributed by atoms with van der Waals surface area (Å²) in [4.78, 5) is 11.9. The Balaban J connectivity index is 1.93. The monoisotopic (exact) mass is 598 g/mol. The fourth-order valence-corrected chi connectivity index (χ4v) is 4.73. The first-order valence-corrected chi connectivity index (χ1v) is 13.7. The summed E-state index contributed by atoms with van der Waals surface area (Å²) in [7, 11) is 0. The Bertz CT molecular complexity index is 1080. The van der Waals surface area contributed by atoms with E-state index in [0.29, 0.717) is 24.0 Å². The largest absolute Gasteiger partial charge is 0.478 e. The number of aromatic carboxylic acids is 1. The van der Waals surface area contributed by atoms with E-state index >= 15 is 0 Å². The number of benzene rings is 1. The average molecular weight is 599 g/mol. The zero-order valence-electron chi connectivity index (χ0n) is 24.0. The van der Waals surface area contributed by atoms with Crippen LogP contribution in [0.15, 0.2) is 35.4 Å². The molecule has 0 aliphatic carbocycles. The number of rotatable bonds is 11. The van der Waals surface area contributed by atoms with E-state index in [-0.39, 0.29) is 11.3 Å². The molecule has 13 nitrogen and oxygen atoms in total. The van der Waals surface area contributed by atoms with Gasteiger partial charge in [-0.05, 0) is 63.8 Å². The highest BCUT2D eigenvalue weighted by Crippen LogP contribution is 2.34. The van der Waals surface area contributed by atoms with E-state index in [2.05, 4.69) is 0 Å². The molecule has 236 valence electrons. The summed E-state index contributed by atoms with van der Waals surface area (Å²) in [6, 6.07) is 2.92. The first-order valence-electron chi connectivity index (χ1n) is 13.7. The zero-order valence-corrected chi connectivity index (χ0v) is 24.0. The highest BCUT2D eigenvalue weighted by Gasteiger charge is 2.51. The Morgan fingerprint density at radius 2 is 1.26 bits per heavy atom. The number of ether oxygens (including phenoxy) is 4. The van der Waals surface area contributed by atoms with Crippen molar-refractivity contribution in [1.29, 1.82) is 0 Å². The first-order chi connectivity index (χ1) is 19.8. The first kappa shape index (κ1) is 34.1. The molecule has 8 N–H and O–H groups in total. The van der Waals surface area contributed by atoms with Gasteiger partial charge in [-0.3, -0.25) is 0 Å². The minimum atomic E-state index is -1.79. The molecule has 2 fully saturated rings. The summed E-state index contributed by atoms with van der Waals surface area (Å²) in [5.41, 5.74) is 3.00. The fraction of sp³-hybridized carbons (Fsp3) is 0.621. The highest BCUT2D eigenvalue weighted by molar-refractivity contribution is 5.88. The molecular weight excluding hydrogens is 556 g/mol. The van der Waals surface area contributed by atoms with E-state index in [0.717, 1.165) is 11.1 Å². The lowest BCUT2D eigenvalue weighted by Crippen LogP contribution is -2.65. The molecule has 42 heavy (non-hydrogen) atoms. The van der Waals surface area contributed by atoms with Crippen molar-refractivity contribution in [3.05, 3.63) is 52.1 Å². The Morgan fingerprint density at radius 3 is 1.74 bits per heavy atom. The predicted molar refractivity (Wildman–Crippen MR) is 147 cm³/mol. The van der Waals surface area contributed by atoms with Gasteiger partial charge in [0.15, 0.2) is 6.29 Å². The Morgan fingerprint density at radius 1 is 0.762 bits per heavy atom. The molecule has 0 spiro atoms. The minimum Gasteiger partial charge on any atom is -0.478 e. The fourth-order valence-electron chi connectivity index (χ4n) is 4.73. The van der Waals surface area contributed by atoms with E-state index in [1.807, 2.05) is 39.8 Å². The van der Waals surface area contributed by atoms with E-state index in [1.165, 1.54) is 12.1 Å². The second kappa shape index (κ2) is 14.8. The number of hydrogen-bond donors (Lipinski definition) is 8. The molecule has 2 aliphatic rings. The molecule has 0 amide bonds. The summed E-state index contributed by atoms with van der Waals surface area (Å²) < 4.78 is 22.9. The van der Waals surface area contributed by atoms with Crippen molar-refractivity contribution in [3.63, 3.8) is 0 Å². The summed E-state index contributed by atoms with van der Waals surface area (Å²) in [5, 5.41) is 81.7. The zero-order chi connectivity index (χ0) is 31.3.